The molecule has 1 rings (SSSR count). The quantitative estimate of drug-likeness (QED) is 0.477. The van der Waals surface area contributed by atoms with E-state index in [0.717, 1.165) is 12.1 Å². The van der Waals surface area contributed by atoms with Crippen LogP contribution in [0, 0.1) is 17.5 Å². The third-order valence-corrected chi connectivity index (χ3v) is 1.62. The molecule has 0 unspecified atom stereocenters. The van der Waals surface area contributed by atoms with E-state index in [2.05, 4.69) is 17.5 Å². The van der Waals surface area contributed by atoms with Crippen LogP contribution in [0.4, 0.5) is 18.9 Å². The molecule has 0 saturated heterocycles. The first-order chi connectivity index (χ1) is 7.00. The molecule has 0 aliphatic carbocycles. The Kier molecular flexibility index (Phi) is 3.68. The van der Waals surface area contributed by atoms with Gasteiger partial charge in [0.15, 0.2) is 17.5 Å². The van der Waals surface area contributed by atoms with Gasteiger partial charge in [-0.2, -0.15) is 0 Å². The molecule has 3 N–H and O–H groups in total. The van der Waals surface area contributed by atoms with E-state index >= 15 is 0 Å². The Labute approximate surface area is 89.6 Å². The van der Waals surface area contributed by atoms with Gasteiger partial charge in [-0.1, -0.05) is 12.2 Å². The molecule has 0 bridgehead atoms. The maximum atomic E-state index is 12.7. The van der Waals surface area contributed by atoms with Crippen molar-refractivity contribution in [3.63, 3.8) is 0 Å². The summed E-state index contributed by atoms with van der Waals surface area (Å²) in [5, 5.41) is 2.49. The molecule has 0 atom stereocenters. The van der Waals surface area contributed by atoms with Gasteiger partial charge in [0.1, 0.15) is 0 Å². The van der Waals surface area contributed by atoms with Gasteiger partial charge in [0.05, 0.1) is 4.99 Å². The van der Waals surface area contributed by atoms with Crippen LogP contribution in [0.3, 0.4) is 0 Å². The first kappa shape index (κ1) is 11.5. The third kappa shape index (κ3) is 3.25. The van der Waals surface area contributed by atoms with E-state index < -0.39 is 17.5 Å². The van der Waals surface area contributed by atoms with Crippen LogP contribution >= 0.6 is 12.2 Å². The van der Waals surface area contributed by atoms with Crippen molar-refractivity contribution in [2.75, 3.05) is 5.32 Å². The Morgan fingerprint density at radius 2 is 1.80 bits per heavy atom. The maximum absolute atomic E-state index is 12.7. The molecule has 0 aliphatic heterocycles. The average molecular weight is 232 g/mol. The lowest BCUT2D eigenvalue weighted by Crippen LogP contribution is -2.03. The summed E-state index contributed by atoms with van der Waals surface area (Å²) in [4.78, 5) is 0.116. The molecule has 0 saturated carbocycles. The largest absolute Gasteiger partial charge is 0.390 e. The molecule has 0 amide bonds. The summed E-state index contributed by atoms with van der Waals surface area (Å²) >= 11 is 4.53. The Hall–Kier alpha value is -1.56. The van der Waals surface area contributed by atoms with Gasteiger partial charge in [0.25, 0.3) is 0 Å². The molecule has 0 radical (unpaired) electrons. The van der Waals surface area contributed by atoms with Gasteiger partial charge >= 0.3 is 0 Å². The van der Waals surface area contributed by atoms with Gasteiger partial charge in [-0.25, -0.2) is 13.2 Å². The highest BCUT2D eigenvalue weighted by Crippen LogP contribution is 2.17. The highest BCUT2D eigenvalue weighted by Gasteiger charge is 2.09. The fourth-order valence-corrected chi connectivity index (χ4v) is 0.927. The molecule has 0 fully saturated rings. The van der Waals surface area contributed by atoms with Crippen molar-refractivity contribution in [1.29, 1.82) is 0 Å². The first-order valence-electron chi connectivity index (χ1n) is 3.88. The monoisotopic (exact) mass is 232 g/mol. The normalized spacial score (nSPS) is 10.6. The summed E-state index contributed by atoms with van der Waals surface area (Å²) in [5.74, 6) is -4.03. The molecule has 2 nitrogen and oxygen atoms in total. The number of halogens is 3. The van der Waals surface area contributed by atoms with E-state index in [1.165, 1.54) is 12.3 Å². The number of benzene rings is 1. The lowest BCUT2D eigenvalue weighted by molar-refractivity contribution is 0.448. The number of nitrogens with two attached hydrogens (primary N) is 1. The highest BCUT2D eigenvalue weighted by atomic mass is 32.1. The van der Waals surface area contributed by atoms with Crippen LogP contribution in [0.25, 0.3) is 0 Å². The van der Waals surface area contributed by atoms with Crippen LogP contribution in [-0.4, -0.2) is 4.99 Å². The molecule has 0 heterocycles. The van der Waals surface area contributed by atoms with Crippen molar-refractivity contribution in [3.8, 4) is 0 Å². The van der Waals surface area contributed by atoms with Crippen molar-refractivity contribution in [3.05, 3.63) is 41.9 Å². The lowest BCUT2D eigenvalue weighted by atomic mass is 10.3. The molecule has 15 heavy (non-hydrogen) atoms. The molecule has 0 spiro atoms. The fourth-order valence-electron chi connectivity index (χ4n) is 0.859. The summed E-state index contributed by atoms with van der Waals surface area (Å²) in [6.45, 7) is 0. The van der Waals surface area contributed by atoms with Crippen molar-refractivity contribution in [2.45, 2.75) is 0 Å². The maximum Gasteiger partial charge on any atom is 0.194 e. The Bertz CT molecular complexity index is 395. The van der Waals surface area contributed by atoms with Crippen molar-refractivity contribution in [2.24, 2.45) is 5.73 Å². The number of nitrogens with one attached hydrogen (secondary N) is 1. The number of anilines is 1. The Morgan fingerprint density at radius 3 is 2.27 bits per heavy atom. The average Bonchev–Trinajstić information content (AvgIpc) is 2.13. The number of hydrogen-bond acceptors (Lipinski definition) is 2. The highest BCUT2D eigenvalue weighted by molar-refractivity contribution is 7.80. The van der Waals surface area contributed by atoms with Crippen molar-refractivity contribution >= 4 is 22.9 Å². The van der Waals surface area contributed by atoms with Gasteiger partial charge < -0.3 is 11.1 Å². The second-order valence-electron chi connectivity index (χ2n) is 2.63. The minimum absolute atomic E-state index is 0.0684. The second kappa shape index (κ2) is 4.79. The van der Waals surface area contributed by atoms with Crippen molar-refractivity contribution < 1.29 is 13.2 Å². The summed E-state index contributed by atoms with van der Waals surface area (Å²) < 4.78 is 37.9. The van der Waals surface area contributed by atoms with Gasteiger partial charge in [0, 0.05) is 24.0 Å². The zero-order valence-electron chi connectivity index (χ0n) is 7.43. The molecule has 1 aromatic carbocycles. The van der Waals surface area contributed by atoms with Crippen LogP contribution in [0.5, 0.6) is 0 Å². The minimum atomic E-state index is -1.50. The fraction of sp³-hybridized carbons (Fsp3) is 0. The van der Waals surface area contributed by atoms with Gasteiger partial charge in [-0.15, -0.1) is 0 Å². The number of thiocarbonyl (C=S) groups is 1. The number of rotatable bonds is 3. The van der Waals surface area contributed by atoms with Crippen LogP contribution < -0.4 is 11.1 Å². The van der Waals surface area contributed by atoms with Crippen LogP contribution in [0.15, 0.2) is 24.4 Å². The topological polar surface area (TPSA) is 38.0 Å². The van der Waals surface area contributed by atoms with Gasteiger partial charge in [-0.05, 0) is 6.08 Å². The molecular weight excluding hydrogens is 225 g/mol. The van der Waals surface area contributed by atoms with Gasteiger partial charge in [-0.3, -0.25) is 0 Å². The van der Waals surface area contributed by atoms with E-state index in [4.69, 9.17) is 5.73 Å². The molecule has 6 heteroatoms. The zero-order valence-corrected chi connectivity index (χ0v) is 8.25. The smallest absolute Gasteiger partial charge is 0.194 e. The second-order valence-corrected chi connectivity index (χ2v) is 3.11. The molecule has 0 aliphatic rings. The zero-order chi connectivity index (χ0) is 11.4. The summed E-state index contributed by atoms with van der Waals surface area (Å²) in [5.41, 5.74) is 5.21. The van der Waals surface area contributed by atoms with Crippen molar-refractivity contribution in [1.82, 2.24) is 0 Å². The lowest BCUT2D eigenvalue weighted by Gasteiger charge is -2.02. The summed E-state index contributed by atoms with van der Waals surface area (Å²) in [6.07, 6.45) is 2.63. The van der Waals surface area contributed by atoms with E-state index in [1.807, 2.05) is 0 Å². The van der Waals surface area contributed by atoms with Crippen LogP contribution in [-0.2, 0) is 0 Å². The van der Waals surface area contributed by atoms with E-state index in [9.17, 15) is 13.2 Å². The van der Waals surface area contributed by atoms with Gasteiger partial charge in [0.2, 0.25) is 0 Å². The SMILES string of the molecule is NC(=S)/C=C\Nc1cc(F)c(F)c(F)c1. The molecular formula is C9H7F3N2S. The van der Waals surface area contributed by atoms with E-state index in [0.29, 0.717) is 0 Å². The molecule has 1 aromatic rings. The standard InChI is InChI=1S/C9H7F3N2S/c10-6-3-5(4-7(11)9(6)12)14-2-1-8(13)15/h1-4,14H,(H2,13,15)/b2-1-. The minimum Gasteiger partial charge on any atom is -0.390 e. The van der Waals surface area contributed by atoms with E-state index in [-0.39, 0.29) is 10.7 Å². The van der Waals surface area contributed by atoms with E-state index in [1.54, 1.807) is 0 Å². The van der Waals surface area contributed by atoms with Crippen LogP contribution in [0.1, 0.15) is 0 Å². The summed E-state index contributed by atoms with van der Waals surface area (Å²) in [6, 6.07) is 1.64. The van der Waals surface area contributed by atoms with Crippen LogP contribution in [0.2, 0.25) is 0 Å². The molecule has 80 valence electrons. The molecule has 0 aromatic heterocycles. The third-order valence-electron chi connectivity index (χ3n) is 1.48. The number of hydrogen-bond donors (Lipinski definition) is 2. The predicted molar refractivity (Wildman–Crippen MR) is 55.9 cm³/mol. The summed E-state index contributed by atoms with van der Waals surface area (Å²) in [7, 11) is 0. The first-order valence-corrected chi connectivity index (χ1v) is 4.28. The Morgan fingerprint density at radius 1 is 1.27 bits per heavy atom. The Balaban J connectivity index is 2.83. The predicted octanol–water partition coefficient (Wildman–Crippen LogP) is 2.32.